The van der Waals surface area contributed by atoms with Crippen molar-refractivity contribution >= 4 is 24.2 Å². The molecule has 1 aliphatic heterocycles. The van der Waals surface area contributed by atoms with Gasteiger partial charge in [-0.1, -0.05) is 19.3 Å². The lowest BCUT2D eigenvalue weighted by molar-refractivity contribution is -0.135. The molecule has 2 aliphatic rings. The standard InChI is InChI=1S/C15H27N3O2.ClH/c1-12-10-16-7-8-18(12)15(20)11-17-14(19)9-13-5-3-2-4-6-13;/h12-13,16H,2-11H2,1H3,(H,17,19);1H/t12-;/m1./s1. The third kappa shape index (κ3) is 5.83. The van der Waals surface area contributed by atoms with E-state index in [2.05, 4.69) is 10.6 Å². The molecule has 21 heavy (non-hydrogen) atoms. The van der Waals surface area contributed by atoms with Gasteiger partial charge in [0.2, 0.25) is 11.8 Å². The monoisotopic (exact) mass is 317 g/mol. The first-order chi connectivity index (χ1) is 9.66. The lowest BCUT2D eigenvalue weighted by atomic mass is 9.87. The molecule has 2 N–H and O–H groups in total. The van der Waals surface area contributed by atoms with E-state index >= 15 is 0 Å². The third-order valence-corrected chi connectivity index (χ3v) is 4.46. The minimum absolute atomic E-state index is 0. The molecule has 2 amide bonds. The molecule has 2 rings (SSSR count). The zero-order valence-electron chi connectivity index (χ0n) is 12.9. The van der Waals surface area contributed by atoms with E-state index in [0.29, 0.717) is 12.3 Å². The van der Waals surface area contributed by atoms with Gasteiger partial charge in [-0.25, -0.2) is 0 Å². The number of carbonyl (C=O) groups excluding carboxylic acids is 2. The Hall–Kier alpha value is -0.810. The van der Waals surface area contributed by atoms with E-state index < -0.39 is 0 Å². The van der Waals surface area contributed by atoms with Crippen molar-refractivity contribution in [1.82, 2.24) is 15.5 Å². The molecule has 1 atom stereocenters. The van der Waals surface area contributed by atoms with Crippen LogP contribution >= 0.6 is 12.4 Å². The van der Waals surface area contributed by atoms with Gasteiger partial charge in [0.1, 0.15) is 0 Å². The van der Waals surface area contributed by atoms with E-state index in [1.54, 1.807) is 0 Å². The van der Waals surface area contributed by atoms with E-state index in [4.69, 9.17) is 0 Å². The van der Waals surface area contributed by atoms with Gasteiger partial charge >= 0.3 is 0 Å². The van der Waals surface area contributed by atoms with Gasteiger partial charge in [-0.2, -0.15) is 0 Å². The van der Waals surface area contributed by atoms with Gasteiger partial charge in [0, 0.05) is 32.1 Å². The largest absolute Gasteiger partial charge is 0.347 e. The number of carbonyl (C=O) groups is 2. The summed E-state index contributed by atoms with van der Waals surface area (Å²) in [6, 6.07) is 0.214. The first kappa shape index (κ1) is 18.2. The summed E-state index contributed by atoms with van der Waals surface area (Å²) in [5.74, 6) is 0.598. The Balaban J connectivity index is 0.00000220. The molecule has 0 aromatic carbocycles. The summed E-state index contributed by atoms with van der Waals surface area (Å²) in [5, 5.41) is 6.05. The Morgan fingerprint density at radius 1 is 1.24 bits per heavy atom. The van der Waals surface area contributed by atoms with Gasteiger partial charge in [0.25, 0.3) is 0 Å². The summed E-state index contributed by atoms with van der Waals surface area (Å²) >= 11 is 0. The molecule has 2 fully saturated rings. The Morgan fingerprint density at radius 3 is 2.62 bits per heavy atom. The van der Waals surface area contributed by atoms with Crippen molar-refractivity contribution < 1.29 is 9.59 Å². The topological polar surface area (TPSA) is 61.4 Å². The average molecular weight is 318 g/mol. The number of nitrogens with one attached hydrogen (secondary N) is 2. The van der Waals surface area contributed by atoms with Crippen LogP contribution in [0.15, 0.2) is 0 Å². The molecule has 0 bridgehead atoms. The molecule has 5 nitrogen and oxygen atoms in total. The van der Waals surface area contributed by atoms with E-state index in [1.165, 1.54) is 19.3 Å². The van der Waals surface area contributed by atoms with Crippen molar-refractivity contribution in [3.8, 4) is 0 Å². The molecule has 0 spiro atoms. The second-order valence-corrected chi connectivity index (χ2v) is 6.13. The molecule has 1 heterocycles. The lowest BCUT2D eigenvalue weighted by Gasteiger charge is -2.34. The Kier molecular flexibility index (Phi) is 8.04. The molecule has 1 saturated heterocycles. The van der Waals surface area contributed by atoms with Gasteiger partial charge < -0.3 is 15.5 Å². The lowest BCUT2D eigenvalue weighted by Crippen LogP contribution is -2.54. The fourth-order valence-electron chi connectivity index (χ4n) is 3.21. The predicted octanol–water partition coefficient (Wildman–Crippen LogP) is 1.32. The summed E-state index contributed by atoms with van der Waals surface area (Å²) < 4.78 is 0. The van der Waals surface area contributed by atoms with Crippen molar-refractivity contribution in [1.29, 1.82) is 0 Å². The van der Waals surface area contributed by atoms with Crippen LogP contribution in [-0.4, -0.2) is 48.9 Å². The van der Waals surface area contributed by atoms with Crippen molar-refractivity contribution in [2.24, 2.45) is 5.92 Å². The Labute approximate surface area is 133 Å². The van der Waals surface area contributed by atoms with E-state index in [0.717, 1.165) is 32.5 Å². The molecule has 0 aromatic heterocycles. The van der Waals surface area contributed by atoms with Crippen LogP contribution in [0.3, 0.4) is 0 Å². The van der Waals surface area contributed by atoms with Gasteiger partial charge in [0.05, 0.1) is 6.54 Å². The molecule has 122 valence electrons. The Bertz CT molecular complexity index is 346. The van der Waals surface area contributed by atoms with Crippen molar-refractivity contribution in [3.63, 3.8) is 0 Å². The van der Waals surface area contributed by atoms with Crippen LogP contribution in [-0.2, 0) is 9.59 Å². The number of hydrogen-bond acceptors (Lipinski definition) is 3. The van der Waals surface area contributed by atoms with Crippen LogP contribution in [0, 0.1) is 5.92 Å². The van der Waals surface area contributed by atoms with Crippen molar-refractivity contribution in [2.45, 2.75) is 51.5 Å². The number of rotatable bonds is 4. The zero-order valence-corrected chi connectivity index (χ0v) is 13.7. The van der Waals surface area contributed by atoms with Gasteiger partial charge in [-0.15, -0.1) is 12.4 Å². The normalized spacial score (nSPS) is 23.3. The van der Waals surface area contributed by atoms with E-state index in [1.807, 2.05) is 11.8 Å². The highest BCUT2D eigenvalue weighted by Crippen LogP contribution is 2.25. The Morgan fingerprint density at radius 2 is 1.95 bits per heavy atom. The predicted molar refractivity (Wildman–Crippen MR) is 85.5 cm³/mol. The fraction of sp³-hybridized carbons (Fsp3) is 0.867. The van der Waals surface area contributed by atoms with Crippen LogP contribution in [0.4, 0.5) is 0 Å². The van der Waals surface area contributed by atoms with E-state index in [-0.39, 0.29) is 36.8 Å². The summed E-state index contributed by atoms with van der Waals surface area (Å²) in [5.41, 5.74) is 0. The quantitative estimate of drug-likeness (QED) is 0.822. The third-order valence-electron chi connectivity index (χ3n) is 4.46. The second kappa shape index (κ2) is 9.26. The summed E-state index contributed by atoms with van der Waals surface area (Å²) in [7, 11) is 0. The maximum atomic E-state index is 12.1. The van der Waals surface area contributed by atoms with Gasteiger partial charge in [0.15, 0.2) is 0 Å². The molecular formula is C15H28ClN3O2. The summed E-state index contributed by atoms with van der Waals surface area (Å²) in [4.78, 5) is 25.8. The van der Waals surface area contributed by atoms with Crippen molar-refractivity contribution in [2.75, 3.05) is 26.2 Å². The first-order valence-corrected chi connectivity index (χ1v) is 7.93. The molecular weight excluding hydrogens is 290 g/mol. The molecule has 1 aliphatic carbocycles. The highest BCUT2D eigenvalue weighted by Gasteiger charge is 2.23. The highest BCUT2D eigenvalue weighted by atomic mass is 35.5. The van der Waals surface area contributed by atoms with Gasteiger partial charge in [-0.3, -0.25) is 9.59 Å². The minimum Gasteiger partial charge on any atom is -0.347 e. The fourth-order valence-corrected chi connectivity index (χ4v) is 3.21. The second-order valence-electron chi connectivity index (χ2n) is 6.13. The zero-order chi connectivity index (χ0) is 14.4. The first-order valence-electron chi connectivity index (χ1n) is 7.93. The average Bonchev–Trinajstić information content (AvgIpc) is 2.46. The molecule has 6 heteroatoms. The molecule has 0 unspecified atom stereocenters. The number of hydrogen-bond donors (Lipinski definition) is 2. The number of nitrogens with zero attached hydrogens (tertiary/aromatic N) is 1. The number of halogens is 1. The molecule has 1 saturated carbocycles. The molecule has 0 aromatic rings. The van der Waals surface area contributed by atoms with Crippen LogP contribution < -0.4 is 10.6 Å². The van der Waals surface area contributed by atoms with Crippen LogP contribution in [0.2, 0.25) is 0 Å². The minimum atomic E-state index is 0. The number of amides is 2. The summed E-state index contributed by atoms with van der Waals surface area (Å²) in [6.07, 6.45) is 6.71. The maximum absolute atomic E-state index is 12.1. The SMILES string of the molecule is C[C@@H]1CNCCN1C(=O)CNC(=O)CC1CCCCC1.Cl. The van der Waals surface area contributed by atoms with Crippen LogP contribution in [0.25, 0.3) is 0 Å². The van der Waals surface area contributed by atoms with Crippen molar-refractivity contribution in [3.05, 3.63) is 0 Å². The molecule has 0 radical (unpaired) electrons. The summed E-state index contributed by atoms with van der Waals surface area (Å²) in [6.45, 7) is 4.59. The number of piperazine rings is 1. The van der Waals surface area contributed by atoms with Crippen LogP contribution in [0.5, 0.6) is 0 Å². The maximum Gasteiger partial charge on any atom is 0.242 e. The van der Waals surface area contributed by atoms with Gasteiger partial charge in [-0.05, 0) is 25.7 Å². The highest BCUT2D eigenvalue weighted by molar-refractivity contribution is 5.85. The van der Waals surface area contributed by atoms with Crippen LogP contribution in [0.1, 0.15) is 45.4 Å². The van der Waals surface area contributed by atoms with E-state index in [9.17, 15) is 9.59 Å². The smallest absolute Gasteiger partial charge is 0.242 e.